The largest absolute Gasteiger partial charge is 0.510 e. The highest BCUT2D eigenvalue weighted by Gasteiger charge is 2.63. The number of carbonyl (C=O) groups excluding carboxylic acids is 3. The predicted octanol–water partition coefficient (Wildman–Crippen LogP) is 0.267. The molecule has 3 aliphatic rings. The Balaban J connectivity index is 1.96. The fourth-order valence-corrected chi connectivity index (χ4v) is 5.61. The number of likely N-dealkylation sites (N-methyl/N-ethyl adjacent to an activating group) is 1. The number of amides is 1. The van der Waals surface area contributed by atoms with E-state index in [4.69, 9.17) is 10.5 Å². The second-order valence-electron chi connectivity index (χ2n) is 8.99. The Labute approximate surface area is 189 Å². The van der Waals surface area contributed by atoms with Gasteiger partial charge in [0.15, 0.2) is 11.4 Å². The Hall–Kier alpha value is -3.21. The number of nitrogens with two attached hydrogens (primary N) is 1. The molecule has 1 aromatic carbocycles. The number of aromatic hydroxyl groups is 1. The van der Waals surface area contributed by atoms with Gasteiger partial charge in [0.1, 0.15) is 22.8 Å². The zero-order valence-corrected chi connectivity index (χ0v) is 18.5. The monoisotopic (exact) mass is 458 g/mol. The van der Waals surface area contributed by atoms with E-state index in [1.165, 1.54) is 18.1 Å². The number of allylic oxidation sites excluding steroid dienone is 1. The number of primary amides is 1. The van der Waals surface area contributed by atoms with Crippen molar-refractivity contribution >= 4 is 17.5 Å². The van der Waals surface area contributed by atoms with Crippen LogP contribution in [0, 0.1) is 11.8 Å². The number of hydrogen-bond acceptors (Lipinski definition) is 9. The maximum atomic E-state index is 13.5. The van der Waals surface area contributed by atoms with Gasteiger partial charge < -0.3 is 30.9 Å². The Morgan fingerprint density at radius 2 is 1.91 bits per heavy atom. The SMILES string of the molecule is COCc1ccc(O)c2c1C[C@H]1C[C@H]3[C@@H](N(C)C)C(O)=C(C(N)=O)C(=O)[C@@]3(O)C(O)=C1C2=O. The zero-order chi connectivity index (χ0) is 24.4. The molecule has 0 radical (unpaired) electrons. The van der Waals surface area contributed by atoms with Crippen molar-refractivity contribution in [3.05, 3.63) is 51.5 Å². The average molecular weight is 458 g/mol. The van der Waals surface area contributed by atoms with E-state index in [9.17, 15) is 34.8 Å². The molecule has 0 heterocycles. The van der Waals surface area contributed by atoms with Gasteiger partial charge in [-0.25, -0.2) is 0 Å². The quantitative estimate of drug-likeness (QED) is 0.397. The molecular weight excluding hydrogens is 432 g/mol. The Morgan fingerprint density at radius 1 is 1.24 bits per heavy atom. The van der Waals surface area contributed by atoms with Crippen molar-refractivity contribution < 1.29 is 39.5 Å². The van der Waals surface area contributed by atoms with Crippen LogP contribution in [0.1, 0.15) is 27.9 Å². The van der Waals surface area contributed by atoms with Crippen LogP contribution in [-0.4, -0.2) is 75.6 Å². The first-order chi connectivity index (χ1) is 15.5. The molecule has 10 nitrogen and oxygen atoms in total. The minimum atomic E-state index is -2.63. The van der Waals surface area contributed by atoms with Gasteiger partial charge in [-0.3, -0.25) is 19.3 Å². The maximum Gasteiger partial charge on any atom is 0.255 e. The maximum absolute atomic E-state index is 13.5. The van der Waals surface area contributed by atoms with Crippen molar-refractivity contribution in [3.8, 4) is 5.75 Å². The standard InChI is InChI=1S/C23H26N2O8/c1-25(2)17-12-7-10-6-11-9(8-33-3)4-5-13(26)15(11)18(27)14(10)20(29)23(12,32)21(30)16(19(17)28)22(24)31/h4-5,10,12,17,26,28-29,32H,6-8H2,1-3H3,(H2,24,31)/t10-,12-,17+,23-/m0/s1. The number of methoxy groups -OCH3 is 1. The second kappa shape index (κ2) is 7.68. The normalized spacial score (nSPS) is 29.2. The summed E-state index contributed by atoms with van der Waals surface area (Å²) in [6.45, 7) is 0.200. The molecule has 33 heavy (non-hydrogen) atoms. The smallest absolute Gasteiger partial charge is 0.255 e. The van der Waals surface area contributed by atoms with Gasteiger partial charge in [-0.1, -0.05) is 6.07 Å². The van der Waals surface area contributed by atoms with E-state index in [1.54, 1.807) is 20.2 Å². The van der Waals surface area contributed by atoms with Gasteiger partial charge in [-0.15, -0.1) is 0 Å². The molecule has 0 saturated heterocycles. The van der Waals surface area contributed by atoms with Gasteiger partial charge in [0.2, 0.25) is 5.78 Å². The molecule has 6 N–H and O–H groups in total. The lowest BCUT2D eigenvalue weighted by Crippen LogP contribution is -2.63. The number of carbonyl (C=O) groups is 3. The molecule has 4 rings (SSSR count). The molecule has 1 amide bonds. The van der Waals surface area contributed by atoms with Crippen molar-refractivity contribution in [2.24, 2.45) is 17.6 Å². The van der Waals surface area contributed by atoms with E-state index in [0.717, 1.165) is 0 Å². The number of ketones is 2. The van der Waals surface area contributed by atoms with E-state index in [1.807, 2.05) is 0 Å². The van der Waals surface area contributed by atoms with Crippen LogP contribution < -0.4 is 5.73 Å². The summed E-state index contributed by atoms with van der Waals surface area (Å²) in [6.07, 6.45) is 0.287. The Kier molecular flexibility index (Phi) is 5.35. The average Bonchev–Trinajstić information content (AvgIpc) is 2.72. The van der Waals surface area contributed by atoms with Crippen LogP contribution in [0.15, 0.2) is 34.8 Å². The number of aliphatic hydroxyl groups excluding tert-OH is 2. The third kappa shape index (κ3) is 3.01. The number of fused-ring (bicyclic) bond motifs is 3. The van der Waals surface area contributed by atoms with Gasteiger partial charge in [-0.05, 0) is 50.0 Å². The minimum Gasteiger partial charge on any atom is -0.510 e. The number of phenols is 1. The van der Waals surface area contributed by atoms with E-state index >= 15 is 0 Å². The molecule has 0 bridgehead atoms. The molecule has 0 unspecified atom stereocenters. The summed E-state index contributed by atoms with van der Waals surface area (Å²) < 4.78 is 5.21. The first-order valence-electron chi connectivity index (χ1n) is 10.4. The minimum absolute atomic E-state index is 0.0228. The van der Waals surface area contributed by atoms with Crippen molar-refractivity contribution in [1.29, 1.82) is 0 Å². The first kappa shape index (κ1) is 23.0. The number of nitrogens with zero attached hydrogens (tertiary/aromatic N) is 1. The van der Waals surface area contributed by atoms with Crippen LogP contribution in [0.4, 0.5) is 0 Å². The van der Waals surface area contributed by atoms with E-state index in [2.05, 4.69) is 0 Å². The highest BCUT2D eigenvalue weighted by atomic mass is 16.5. The van der Waals surface area contributed by atoms with Gasteiger partial charge in [0.05, 0.1) is 18.2 Å². The zero-order valence-electron chi connectivity index (χ0n) is 18.5. The molecule has 0 fully saturated rings. The molecule has 176 valence electrons. The summed E-state index contributed by atoms with van der Waals surface area (Å²) in [6, 6.07) is 1.99. The molecular formula is C23H26N2O8. The molecule has 0 aromatic heterocycles. The van der Waals surface area contributed by atoms with Crippen molar-refractivity contribution in [1.82, 2.24) is 4.90 Å². The summed E-state index contributed by atoms with van der Waals surface area (Å²) in [4.78, 5) is 40.1. The summed E-state index contributed by atoms with van der Waals surface area (Å²) in [5, 5.41) is 43.8. The highest BCUT2D eigenvalue weighted by Crippen LogP contribution is 2.52. The van der Waals surface area contributed by atoms with Gasteiger partial charge in [0.25, 0.3) is 5.91 Å². The number of Topliss-reactive ketones (excluding diaryl/α,β-unsaturated/α-hetero) is 2. The van der Waals surface area contributed by atoms with E-state index in [0.29, 0.717) is 11.1 Å². The highest BCUT2D eigenvalue weighted by molar-refractivity contribution is 6.24. The number of aliphatic hydroxyl groups is 3. The van der Waals surface area contributed by atoms with Crippen molar-refractivity contribution in [2.75, 3.05) is 21.2 Å². The number of rotatable bonds is 4. The number of hydrogen-bond donors (Lipinski definition) is 5. The fraction of sp³-hybridized carbons (Fsp3) is 0.435. The summed E-state index contributed by atoms with van der Waals surface area (Å²) in [5.74, 6) is -6.63. The number of benzene rings is 1. The molecule has 3 aliphatic carbocycles. The van der Waals surface area contributed by atoms with Gasteiger partial charge in [-0.2, -0.15) is 0 Å². The van der Waals surface area contributed by atoms with E-state index in [-0.39, 0.29) is 36.3 Å². The van der Waals surface area contributed by atoms with Gasteiger partial charge in [0, 0.05) is 18.6 Å². The molecule has 1 aromatic rings. The molecule has 10 heteroatoms. The van der Waals surface area contributed by atoms with Gasteiger partial charge >= 0.3 is 0 Å². The topological polar surface area (TPSA) is 171 Å². The van der Waals surface area contributed by atoms with Crippen molar-refractivity contribution in [3.63, 3.8) is 0 Å². The number of ether oxygens (including phenoxy) is 1. The molecule has 0 saturated carbocycles. The third-order valence-corrected chi connectivity index (χ3v) is 7.00. The lowest BCUT2D eigenvalue weighted by molar-refractivity contribution is -0.148. The Morgan fingerprint density at radius 3 is 2.48 bits per heavy atom. The van der Waals surface area contributed by atoms with Crippen LogP contribution in [0.25, 0.3) is 0 Å². The second-order valence-corrected chi connectivity index (χ2v) is 8.99. The molecule has 0 aliphatic heterocycles. The molecule has 0 spiro atoms. The lowest BCUT2D eigenvalue weighted by atomic mass is 9.58. The summed E-state index contributed by atoms with van der Waals surface area (Å²) in [7, 11) is 4.67. The van der Waals surface area contributed by atoms with Crippen molar-refractivity contribution in [2.45, 2.75) is 31.1 Å². The predicted molar refractivity (Wildman–Crippen MR) is 114 cm³/mol. The first-order valence-corrected chi connectivity index (χ1v) is 10.4. The molecule has 4 atom stereocenters. The Bertz CT molecular complexity index is 1150. The summed E-state index contributed by atoms with van der Waals surface area (Å²) >= 11 is 0. The van der Waals surface area contributed by atoms with Crippen LogP contribution in [0.3, 0.4) is 0 Å². The third-order valence-electron chi connectivity index (χ3n) is 7.00. The lowest BCUT2D eigenvalue weighted by Gasteiger charge is -2.50. The summed E-state index contributed by atoms with van der Waals surface area (Å²) in [5.41, 5.74) is 2.90. The van der Waals surface area contributed by atoms with Crippen LogP contribution in [0.5, 0.6) is 5.75 Å². The van der Waals surface area contributed by atoms with Crippen LogP contribution in [-0.2, 0) is 27.4 Å². The fourth-order valence-electron chi connectivity index (χ4n) is 5.61. The van der Waals surface area contributed by atoms with Crippen LogP contribution >= 0.6 is 0 Å². The number of phenolic OH excluding ortho intramolecular Hbond substituents is 1. The van der Waals surface area contributed by atoms with Crippen LogP contribution in [0.2, 0.25) is 0 Å². The van der Waals surface area contributed by atoms with E-state index < -0.39 is 58.0 Å².